The van der Waals surface area contributed by atoms with Crippen LogP contribution in [-0.2, 0) is 16.0 Å². The molecule has 0 fully saturated rings. The molecular formula is C16H11Cl2NO3. The molecule has 4 nitrogen and oxygen atoms in total. The van der Waals surface area contributed by atoms with E-state index in [2.05, 4.69) is 5.32 Å². The van der Waals surface area contributed by atoms with E-state index >= 15 is 0 Å². The number of esters is 1. The van der Waals surface area contributed by atoms with Gasteiger partial charge >= 0.3 is 5.97 Å². The van der Waals surface area contributed by atoms with Crippen molar-refractivity contribution in [3.8, 4) is 0 Å². The number of amides is 1. The topological polar surface area (TPSA) is 55.4 Å². The van der Waals surface area contributed by atoms with Gasteiger partial charge in [0.2, 0.25) is 0 Å². The van der Waals surface area contributed by atoms with E-state index in [4.69, 9.17) is 27.9 Å². The van der Waals surface area contributed by atoms with E-state index in [1.165, 1.54) is 0 Å². The number of nitrogens with one attached hydrogen (secondary N) is 1. The minimum absolute atomic E-state index is 0.293. The molecule has 0 saturated carbocycles. The largest absolute Gasteiger partial charge is 0.448 e. The minimum atomic E-state index is -0.880. The van der Waals surface area contributed by atoms with Gasteiger partial charge in [0.25, 0.3) is 5.91 Å². The number of hydrogen-bond donors (Lipinski definition) is 1. The van der Waals surface area contributed by atoms with Crippen molar-refractivity contribution in [2.45, 2.75) is 12.5 Å². The normalized spacial score (nSPS) is 16.6. The highest BCUT2D eigenvalue weighted by Crippen LogP contribution is 2.25. The molecule has 1 unspecified atom stereocenters. The lowest BCUT2D eigenvalue weighted by atomic mass is 9.98. The second-order valence-electron chi connectivity index (χ2n) is 4.90. The number of anilines is 1. The Labute approximate surface area is 137 Å². The number of fused-ring (bicyclic) bond motifs is 1. The van der Waals surface area contributed by atoms with Crippen LogP contribution in [0.1, 0.15) is 15.9 Å². The van der Waals surface area contributed by atoms with Crippen molar-refractivity contribution >= 4 is 40.8 Å². The van der Waals surface area contributed by atoms with Crippen molar-refractivity contribution in [3.05, 3.63) is 63.6 Å². The second kappa shape index (κ2) is 5.99. The van der Waals surface area contributed by atoms with Crippen LogP contribution >= 0.6 is 23.2 Å². The van der Waals surface area contributed by atoms with Crippen molar-refractivity contribution in [1.29, 1.82) is 0 Å². The molecule has 1 N–H and O–H groups in total. The standard InChI is InChI=1S/C16H11Cl2NO3/c17-10-1-4-12(5-2-10)19-15(20)14-8-9-7-11(18)3-6-13(9)16(21)22-14/h1-7,14H,8H2,(H,19,20). The molecule has 0 saturated heterocycles. The first kappa shape index (κ1) is 14.9. The zero-order chi connectivity index (χ0) is 15.7. The van der Waals surface area contributed by atoms with Gasteiger partial charge in [0.05, 0.1) is 5.56 Å². The van der Waals surface area contributed by atoms with Crippen LogP contribution in [0.15, 0.2) is 42.5 Å². The van der Waals surface area contributed by atoms with Crippen LogP contribution in [0.2, 0.25) is 10.0 Å². The van der Waals surface area contributed by atoms with E-state index in [0.717, 1.165) is 0 Å². The summed E-state index contributed by atoms with van der Waals surface area (Å²) in [5.41, 5.74) is 1.74. The Bertz CT molecular complexity index is 744. The van der Waals surface area contributed by atoms with Crippen molar-refractivity contribution in [2.75, 3.05) is 5.32 Å². The molecule has 0 bridgehead atoms. The molecule has 6 heteroatoms. The van der Waals surface area contributed by atoms with Gasteiger partial charge in [-0.2, -0.15) is 0 Å². The first-order valence-electron chi connectivity index (χ1n) is 6.59. The minimum Gasteiger partial charge on any atom is -0.448 e. The molecule has 22 heavy (non-hydrogen) atoms. The lowest BCUT2D eigenvalue weighted by Crippen LogP contribution is -2.38. The zero-order valence-corrected chi connectivity index (χ0v) is 12.8. The Hall–Kier alpha value is -2.04. The first-order valence-corrected chi connectivity index (χ1v) is 7.34. The fourth-order valence-corrected chi connectivity index (χ4v) is 2.59. The van der Waals surface area contributed by atoms with Gasteiger partial charge in [0.15, 0.2) is 6.10 Å². The van der Waals surface area contributed by atoms with Crippen LogP contribution in [0.25, 0.3) is 0 Å². The molecule has 0 aliphatic carbocycles. The monoisotopic (exact) mass is 335 g/mol. The number of benzene rings is 2. The Morgan fingerprint density at radius 3 is 2.50 bits per heavy atom. The molecule has 1 aliphatic heterocycles. The molecule has 1 aliphatic rings. The third kappa shape index (κ3) is 3.08. The number of carbonyl (C=O) groups is 2. The quantitative estimate of drug-likeness (QED) is 0.851. The fourth-order valence-electron chi connectivity index (χ4n) is 2.27. The summed E-state index contributed by atoms with van der Waals surface area (Å²) < 4.78 is 5.19. The molecule has 2 aromatic carbocycles. The van der Waals surface area contributed by atoms with Crippen molar-refractivity contribution in [1.82, 2.24) is 0 Å². The number of ether oxygens (including phenoxy) is 1. The Morgan fingerprint density at radius 2 is 1.77 bits per heavy atom. The maximum atomic E-state index is 12.2. The van der Waals surface area contributed by atoms with E-state index in [-0.39, 0.29) is 5.91 Å². The number of carbonyl (C=O) groups excluding carboxylic acids is 2. The zero-order valence-electron chi connectivity index (χ0n) is 11.3. The van der Waals surface area contributed by atoms with Gasteiger partial charge < -0.3 is 10.1 Å². The Morgan fingerprint density at radius 1 is 1.09 bits per heavy atom. The first-order chi connectivity index (χ1) is 10.5. The number of halogens is 2. The molecule has 0 spiro atoms. The summed E-state index contributed by atoms with van der Waals surface area (Å²) in [4.78, 5) is 24.2. The van der Waals surface area contributed by atoms with Crippen molar-refractivity contribution in [2.24, 2.45) is 0 Å². The molecule has 1 atom stereocenters. The van der Waals surface area contributed by atoms with E-state index in [9.17, 15) is 9.59 Å². The van der Waals surface area contributed by atoms with Gasteiger partial charge in [-0.05, 0) is 48.0 Å². The lowest BCUT2D eigenvalue weighted by molar-refractivity contribution is -0.125. The lowest BCUT2D eigenvalue weighted by Gasteiger charge is -2.24. The molecule has 1 heterocycles. The van der Waals surface area contributed by atoms with Gasteiger partial charge in [-0.1, -0.05) is 23.2 Å². The molecular weight excluding hydrogens is 325 g/mol. The van der Waals surface area contributed by atoms with Crippen LogP contribution in [0, 0.1) is 0 Å². The molecule has 1 amide bonds. The van der Waals surface area contributed by atoms with Gasteiger partial charge in [-0.3, -0.25) is 4.79 Å². The summed E-state index contributed by atoms with van der Waals surface area (Å²) in [7, 11) is 0. The van der Waals surface area contributed by atoms with Crippen molar-refractivity contribution < 1.29 is 14.3 Å². The van der Waals surface area contributed by atoms with Crippen LogP contribution in [0.3, 0.4) is 0 Å². The third-order valence-electron chi connectivity index (χ3n) is 3.35. The number of hydrogen-bond acceptors (Lipinski definition) is 3. The van der Waals surface area contributed by atoms with Crippen LogP contribution in [0.4, 0.5) is 5.69 Å². The van der Waals surface area contributed by atoms with Crippen LogP contribution < -0.4 is 5.32 Å². The summed E-state index contributed by atoms with van der Waals surface area (Å²) in [6, 6.07) is 11.6. The Balaban J connectivity index is 1.77. The second-order valence-corrected chi connectivity index (χ2v) is 5.77. The van der Waals surface area contributed by atoms with E-state index in [0.29, 0.717) is 33.3 Å². The third-order valence-corrected chi connectivity index (χ3v) is 3.83. The highest BCUT2D eigenvalue weighted by atomic mass is 35.5. The number of cyclic esters (lactones) is 1. The highest BCUT2D eigenvalue weighted by Gasteiger charge is 2.31. The number of rotatable bonds is 2. The van der Waals surface area contributed by atoms with E-state index in [1.54, 1.807) is 42.5 Å². The maximum absolute atomic E-state index is 12.2. The van der Waals surface area contributed by atoms with Gasteiger partial charge in [0.1, 0.15) is 0 Å². The van der Waals surface area contributed by atoms with Gasteiger partial charge in [0, 0.05) is 22.2 Å². The predicted molar refractivity (Wildman–Crippen MR) is 84.4 cm³/mol. The van der Waals surface area contributed by atoms with E-state index in [1.807, 2.05) is 0 Å². The summed E-state index contributed by atoms with van der Waals surface area (Å²) in [5, 5.41) is 3.79. The molecule has 0 radical (unpaired) electrons. The fraction of sp³-hybridized carbons (Fsp3) is 0.125. The maximum Gasteiger partial charge on any atom is 0.339 e. The van der Waals surface area contributed by atoms with Crippen molar-refractivity contribution in [3.63, 3.8) is 0 Å². The highest BCUT2D eigenvalue weighted by molar-refractivity contribution is 6.31. The molecule has 2 aromatic rings. The van der Waals surface area contributed by atoms with E-state index < -0.39 is 12.1 Å². The molecule has 0 aromatic heterocycles. The van der Waals surface area contributed by atoms with Crippen LogP contribution in [0.5, 0.6) is 0 Å². The smallest absolute Gasteiger partial charge is 0.339 e. The average Bonchev–Trinajstić information content (AvgIpc) is 2.49. The van der Waals surface area contributed by atoms with Gasteiger partial charge in [-0.25, -0.2) is 4.79 Å². The average molecular weight is 336 g/mol. The van der Waals surface area contributed by atoms with Gasteiger partial charge in [-0.15, -0.1) is 0 Å². The molecule has 112 valence electrons. The summed E-state index contributed by atoms with van der Waals surface area (Å²) >= 11 is 11.7. The van der Waals surface area contributed by atoms with Crippen LogP contribution in [-0.4, -0.2) is 18.0 Å². The Kier molecular flexibility index (Phi) is 4.05. The predicted octanol–water partition coefficient (Wildman–Crippen LogP) is 3.71. The molecule has 3 rings (SSSR count). The summed E-state index contributed by atoms with van der Waals surface area (Å²) in [5.74, 6) is -0.907. The SMILES string of the molecule is O=C1OC(C(=O)Nc2ccc(Cl)cc2)Cc2cc(Cl)ccc21. The summed E-state index contributed by atoms with van der Waals surface area (Å²) in [6.07, 6.45) is -0.588. The summed E-state index contributed by atoms with van der Waals surface area (Å²) in [6.45, 7) is 0.